The standard InChI is InChI=1S/C24H31N5O2/c1-16-7-8-17(2)29(16)22-10-9-18(13-26-22)24-27-20-5-4-6-21(30-3)23(20)28(24)15-19-14-25-11-12-31-19/h4-6,9-10,13,16-17,19,25H,7-8,11-12,14-15H2,1-3H3/t16-,17-,19-/m0/s1. The van der Waals surface area contributed by atoms with E-state index >= 15 is 0 Å². The van der Waals surface area contributed by atoms with E-state index in [2.05, 4.69) is 40.8 Å². The second kappa shape index (κ2) is 8.48. The lowest BCUT2D eigenvalue weighted by Gasteiger charge is -2.27. The first-order chi connectivity index (χ1) is 15.2. The van der Waals surface area contributed by atoms with E-state index < -0.39 is 0 Å². The maximum Gasteiger partial charge on any atom is 0.144 e. The van der Waals surface area contributed by atoms with Crippen molar-refractivity contribution in [3.05, 3.63) is 36.5 Å². The normalized spacial score (nSPS) is 24.1. The molecule has 4 heterocycles. The van der Waals surface area contributed by atoms with Gasteiger partial charge in [0.25, 0.3) is 0 Å². The molecule has 2 aromatic heterocycles. The molecule has 0 amide bonds. The van der Waals surface area contributed by atoms with Gasteiger partial charge in [0.2, 0.25) is 0 Å². The molecular weight excluding hydrogens is 390 g/mol. The van der Waals surface area contributed by atoms with E-state index in [0.29, 0.717) is 18.6 Å². The minimum Gasteiger partial charge on any atom is -0.494 e. The van der Waals surface area contributed by atoms with Crippen LogP contribution in [-0.4, -0.2) is 59.5 Å². The highest BCUT2D eigenvalue weighted by molar-refractivity contribution is 5.86. The van der Waals surface area contributed by atoms with Gasteiger partial charge in [-0.1, -0.05) is 6.07 Å². The fraction of sp³-hybridized carbons (Fsp3) is 0.500. The van der Waals surface area contributed by atoms with Gasteiger partial charge < -0.3 is 24.3 Å². The maximum absolute atomic E-state index is 6.00. The van der Waals surface area contributed by atoms with Crippen LogP contribution < -0.4 is 15.0 Å². The summed E-state index contributed by atoms with van der Waals surface area (Å²) in [4.78, 5) is 12.2. The van der Waals surface area contributed by atoms with Crippen LogP contribution >= 0.6 is 0 Å². The van der Waals surface area contributed by atoms with Crippen molar-refractivity contribution >= 4 is 16.9 Å². The molecule has 3 aromatic rings. The smallest absolute Gasteiger partial charge is 0.144 e. The Hall–Kier alpha value is -2.64. The molecule has 3 atom stereocenters. The Morgan fingerprint density at radius 1 is 1.16 bits per heavy atom. The van der Waals surface area contributed by atoms with Crippen LogP contribution in [-0.2, 0) is 11.3 Å². The van der Waals surface area contributed by atoms with E-state index in [0.717, 1.165) is 53.7 Å². The van der Waals surface area contributed by atoms with Crippen LogP contribution in [0.1, 0.15) is 26.7 Å². The molecule has 0 aliphatic carbocycles. The molecule has 0 spiro atoms. The molecular formula is C24H31N5O2. The lowest BCUT2D eigenvalue weighted by molar-refractivity contribution is 0.0191. The van der Waals surface area contributed by atoms with Crippen molar-refractivity contribution in [2.24, 2.45) is 0 Å². The van der Waals surface area contributed by atoms with Gasteiger partial charge in [0.15, 0.2) is 0 Å². The average Bonchev–Trinajstić information content (AvgIpc) is 3.34. The van der Waals surface area contributed by atoms with Gasteiger partial charge >= 0.3 is 0 Å². The summed E-state index contributed by atoms with van der Waals surface area (Å²) in [6, 6.07) is 11.3. The molecule has 1 aromatic carbocycles. The van der Waals surface area contributed by atoms with Gasteiger partial charge in [-0.05, 0) is 51.0 Å². The number of para-hydroxylation sites is 1. The Bertz CT molecular complexity index is 1030. The van der Waals surface area contributed by atoms with Crippen molar-refractivity contribution in [2.45, 2.75) is 51.4 Å². The summed E-state index contributed by atoms with van der Waals surface area (Å²) in [5, 5.41) is 3.42. The predicted molar refractivity (Wildman–Crippen MR) is 123 cm³/mol. The maximum atomic E-state index is 6.00. The molecule has 2 fully saturated rings. The highest BCUT2D eigenvalue weighted by atomic mass is 16.5. The first kappa shape index (κ1) is 20.3. The van der Waals surface area contributed by atoms with Crippen LogP contribution in [0, 0.1) is 0 Å². The number of methoxy groups -OCH3 is 1. The summed E-state index contributed by atoms with van der Waals surface area (Å²) >= 11 is 0. The third-order valence-corrected chi connectivity index (χ3v) is 6.56. The van der Waals surface area contributed by atoms with E-state index in [1.54, 1.807) is 7.11 Å². The number of morpholine rings is 1. The van der Waals surface area contributed by atoms with Crippen molar-refractivity contribution in [1.82, 2.24) is 19.9 Å². The van der Waals surface area contributed by atoms with Crippen molar-refractivity contribution in [1.29, 1.82) is 0 Å². The van der Waals surface area contributed by atoms with Gasteiger partial charge in [0, 0.05) is 36.9 Å². The number of fused-ring (bicyclic) bond motifs is 1. The zero-order chi connectivity index (χ0) is 21.4. The fourth-order valence-corrected chi connectivity index (χ4v) is 4.97. The van der Waals surface area contributed by atoms with Gasteiger partial charge in [-0.25, -0.2) is 9.97 Å². The number of imidazole rings is 1. The molecule has 1 N–H and O–H groups in total. The Balaban J connectivity index is 1.55. The highest BCUT2D eigenvalue weighted by Crippen LogP contribution is 2.33. The SMILES string of the molecule is COc1cccc2nc(-c3ccc(N4[C@@H](C)CC[C@@H]4C)nc3)n(C[C@@H]3CNCCO3)c12. The Morgan fingerprint density at radius 3 is 2.68 bits per heavy atom. The summed E-state index contributed by atoms with van der Waals surface area (Å²) in [6.45, 7) is 7.73. The van der Waals surface area contributed by atoms with E-state index in [1.165, 1.54) is 12.8 Å². The van der Waals surface area contributed by atoms with Crippen LogP contribution in [0.2, 0.25) is 0 Å². The predicted octanol–water partition coefficient (Wildman–Crippen LogP) is 3.47. The van der Waals surface area contributed by atoms with E-state index in [1.807, 2.05) is 24.4 Å². The summed E-state index contributed by atoms with van der Waals surface area (Å²) in [5.74, 6) is 2.76. The van der Waals surface area contributed by atoms with Crippen molar-refractivity contribution < 1.29 is 9.47 Å². The average molecular weight is 422 g/mol. The monoisotopic (exact) mass is 421 g/mol. The van der Waals surface area contributed by atoms with Crippen LogP contribution in [0.15, 0.2) is 36.5 Å². The number of pyridine rings is 1. The minimum atomic E-state index is 0.0911. The van der Waals surface area contributed by atoms with Gasteiger partial charge in [-0.3, -0.25) is 0 Å². The number of ether oxygens (including phenoxy) is 2. The van der Waals surface area contributed by atoms with Crippen molar-refractivity contribution in [3.63, 3.8) is 0 Å². The number of aromatic nitrogens is 3. The number of benzene rings is 1. The molecule has 7 nitrogen and oxygen atoms in total. The molecule has 2 saturated heterocycles. The fourth-order valence-electron chi connectivity index (χ4n) is 4.97. The van der Waals surface area contributed by atoms with Crippen LogP contribution in [0.3, 0.4) is 0 Å². The molecule has 0 saturated carbocycles. The summed E-state index contributed by atoms with van der Waals surface area (Å²) in [6.07, 6.45) is 4.48. The van der Waals surface area contributed by atoms with Gasteiger partial charge in [-0.2, -0.15) is 0 Å². The van der Waals surface area contributed by atoms with Crippen molar-refractivity contribution in [3.8, 4) is 17.1 Å². The van der Waals surface area contributed by atoms with E-state index in [-0.39, 0.29) is 6.10 Å². The first-order valence-corrected chi connectivity index (χ1v) is 11.3. The second-order valence-corrected chi connectivity index (χ2v) is 8.66. The lowest BCUT2D eigenvalue weighted by Crippen LogP contribution is -2.40. The number of nitrogens with one attached hydrogen (secondary N) is 1. The van der Waals surface area contributed by atoms with Crippen molar-refractivity contribution in [2.75, 3.05) is 31.7 Å². The Kier molecular flexibility index (Phi) is 5.54. The number of rotatable bonds is 5. The molecule has 2 aliphatic rings. The quantitative estimate of drug-likeness (QED) is 0.681. The van der Waals surface area contributed by atoms with Gasteiger partial charge in [-0.15, -0.1) is 0 Å². The highest BCUT2D eigenvalue weighted by Gasteiger charge is 2.28. The zero-order valence-electron chi connectivity index (χ0n) is 18.5. The van der Waals surface area contributed by atoms with Crippen LogP contribution in [0.5, 0.6) is 5.75 Å². The summed E-state index contributed by atoms with van der Waals surface area (Å²) < 4.78 is 13.9. The van der Waals surface area contributed by atoms with E-state index in [9.17, 15) is 0 Å². The number of nitrogens with zero attached hydrogens (tertiary/aromatic N) is 4. The topological polar surface area (TPSA) is 64.4 Å². The van der Waals surface area contributed by atoms with Crippen LogP contribution in [0.25, 0.3) is 22.4 Å². The third-order valence-electron chi connectivity index (χ3n) is 6.56. The van der Waals surface area contributed by atoms with Crippen LogP contribution in [0.4, 0.5) is 5.82 Å². The zero-order valence-corrected chi connectivity index (χ0v) is 18.5. The third kappa shape index (κ3) is 3.77. The molecule has 2 aliphatic heterocycles. The molecule has 0 unspecified atom stereocenters. The largest absolute Gasteiger partial charge is 0.494 e. The number of hydrogen-bond acceptors (Lipinski definition) is 6. The minimum absolute atomic E-state index is 0.0911. The summed E-state index contributed by atoms with van der Waals surface area (Å²) in [7, 11) is 1.71. The molecule has 164 valence electrons. The Labute approximate surface area is 183 Å². The first-order valence-electron chi connectivity index (χ1n) is 11.3. The van der Waals surface area contributed by atoms with Gasteiger partial charge in [0.1, 0.15) is 22.9 Å². The Morgan fingerprint density at radius 2 is 2.00 bits per heavy atom. The molecule has 0 radical (unpaired) electrons. The molecule has 7 heteroatoms. The van der Waals surface area contributed by atoms with E-state index in [4.69, 9.17) is 19.4 Å². The molecule has 0 bridgehead atoms. The van der Waals surface area contributed by atoms with Gasteiger partial charge in [0.05, 0.1) is 31.9 Å². The number of hydrogen-bond donors (Lipinski definition) is 1. The lowest BCUT2D eigenvalue weighted by atomic mass is 10.2. The number of anilines is 1. The summed E-state index contributed by atoms with van der Waals surface area (Å²) in [5.41, 5.74) is 2.93. The molecule has 31 heavy (non-hydrogen) atoms. The molecule has 5 rings (SSSR count). The second-order valence-electron chi connectivity index (χ2n) is 8.66.